The van der Waals surface area contributed by atoms with Crippen LogP contribution in [0, 0.1) is 0 Å². The fourth-order valence-corrected chi connectivity index (χ4v) is 1.57. The number of benzene rings is 1. The Kier molecular flexibility index (Phi) is 5.83. The van der Waals surface area contributed by atoms with Crippen LogP contribution in [0.5, 0.6) is 5.75 Å². The van der Waals surface area contributed by atoms with Crippen molar-refractivity contribution in [1.29, 1.82) is 0 Å². The summed E-state index contributed by atoms with van der Waals surface area (Å²) in [6.45, 7) is 5.10. The van der Waals surface area contributed by atoms with Crippen molar-refractivity contribution in [2.75, 3.05) is 11.9 Å². The second-order valence-electron chi connectivity index (χ2n) is 5.68. The maximum absolute atomic E-state index is 12.1. The van der Waals surface area contributed by atoms with Crippen molar-refractivity contribution in [1.82, 2.24) is 10.6 Å². The first kappa shape index (κ1) is 18.6. The highest BCUT2D eigenvalue weighted by Crippen LogP contribution is 2.24. The summed E-state index contributed by atoms with van der Waals surface area (Å²) in [6, 6.07) is 4.08. The molecule has 3 N–H and O–H groups in total. The van der Waals surface area contributed by atoms with Gasteiger partial charge in [-0.3, -0.25) is 4.79 Å². The predicted octanol–water partition coefficient (Wildman–Crippen LogP) is 2.62. The molecular formula is C14H18F3N3O3. The van der Waals surface area contributed by atoms with Gasteiger partial charge in [0.25, 0.3) is 0 Å². The maximum Gasteiger partial charge on any atom is 0.573 e. The largest absolute Gasteiger partial charge is 0.573 e. The van der Waals surface area contributed by atoms with E-state index in [4.69, 9.17) is 0 Å². The molecule has 0 aliphatic heterocycles. The number of nitrogens with one attached hydrogen (secondary N) is 3. The first-order valence-electron chi connectivity index (χ1n) is 6.66. The average molecular weight is 333 g/mol. The minimum Gasteiger partial charge on any atom is -0.406 e. The van der Waals surface area contributed by atoms with Gasteiger partial charge in [-0.05, 0) is 32.9 Å². The van der Waals surface area contributed by atoms with Gasteiger partial charge in [0.05, 0.1) is 6.54 Å². The van der Waals surface area contributed by atoms with E-state index in [1.54, 1.807) is 20.8 Å². The predicted molar refractivity (Wildman–Crippen MR) is 78.0 cm³/mol. The molecule has 0 aliphatic rings. The highest BCUT2D eigenvalue weighted by Gasteiger charge is 2.31. The number of ether oxygens (including phenoxy) is 1. The van der Waals surface area contributed by atoms with Gasteiger partial charge < -0.3 is 20.7 Å². The molecule has 0 unspecified atom stereocenters. The smallest absolute Gasteiger partial charge is 0.406 e. The van der Waals surface area contributed by atoms with Crippen molar-refractivity contribution in [2.24, 2.45) is 0 Å². The standard InChI is InChI=1S/C14H18F3N3O3/c1-13(2,3)20-11(21)8-18-12(22)19-9-5-4-6-10(7-9)23-14(15,16)17/h4-7H,8H2,1-3H3,(H,20,21)(H2,18,19,22). The number of carbonyl (C=O) groups excluding carboxylic acids is 2. The highest BCUT2D eigenvalue weighted by molar-refractivity contribution is 5.92. The van der Waals surface area contributed by atoms with Gasteiger partial charge in [-0.2, -0.15) is 0 Å². The van der Waals surface area contributed by atoms with Crippen molar-refractivity contribution in [3.05, 3.63) is 24.3 Å². The molecule has 0 radical (unpaired) electrons. The van der Waals surface area contributed by atoms with Gasteiger partial charge in [-0.25, -0.2) is 4.79 Å². The molecule has 0 spiro atoms. The average Bonchev–Trinajstić information content (AvgIpc) is 2.32. The first-order valence-corrected chi connectivity index (χ1v) is 6.66. The van der Waals surface area contributed by atoms with E-state index in [1.165, 1.54) is 12.1 Å². The lowest BCUT2D eigenvalue weighted by molar-refractivity contribution is -0.274. The molecule has 0 atom stereocenters. The Balaban J connectivity index is 2.51. The van der Waals surface area contributed by atoms with Gasteiger partial charge in [-0.15, -0.1) is 13.2 Å². The molecule has 1 rings (SSSR count). The number of hydrogen-bond donors (Lipinski definition) is 3. The van der Waals surface area contributed by atoms with Crippen molar-refractivity contribution < 1.29 is 27.5 Å². The van der Waals surface area contributed by atoms with Crippen LogP contribution in [-0.2, 0) is 4.79 Å². The van der Waals surface area contributed by atoms with Crippen LogP contribution in [0.2, 0.25) is 0 Å². The van der Waals surface area contributed by atoms with E-state index in [0.717, 1.165) is 12.1 Å². The van der Waals surface area contributed by atoms with E-state index < -0.39 is 23.7 Å². The number of carbonyl (C=O) groups is 2. The zero-order chi connectivity index (χ0) is 17.7. The van der Waals surface area contributed by atoms with Gasteiger partial charge in [0.1, 0.15) is 5.75 Å². The van der Waals surface area contributed by atoms with Crippen molar-refractivity contribution in [2.45, 2.75) is 32.7 Å². The summed E-state index contributed by atoms with van der Waals surface area (Å²) in [7, 11) is 0. The molecule has 0 bridgehead atoms. The Labute approximate surface area is 131 Å². The van der Waals surface area contributed by atoms with E-state index in [2.05, 4.69) is 20.7 Å². The fraction of sp³-hybridized carbons (Fsp3) is 0.429. The SMILES string of the molecule is CC(C)(C)NC(=O)CNC(=O)Nc1cccc(OC(F)(F)F)c1. The molecule has 0 fully saturated rings. The lowest BCUT2D eigenvalue weighted by Crippen LogP contribution is -2.46. The number of halogens is 3. The van der Waals surface area contributed by atoms with Crippen LogP contribution in [0.25, 0.3) is 0 Å². The Bertz CT molecular complexity index is 568. The maximum atomic E-state index is 12.1. The number of hydrogen-bond acceptors (Lipinski definition) is 3. The minimum atomic E-state index is -4.81. The van der Waals surface area contributed by atoms with Gasteiger partial charge >= 0.3 is 12.4 Å². The topological polar surface area (TPSA) is 79.5 Å². The molecule has 9 heteroatoms. The van der Waals surface area contributed by atoms with E-state index >= 15 is 0 Å². The highest BCUT2D eigenvalue weighted by atomic mass is 19.4. The monoisotopic (exact) mass is 333 g/mol. The van der Waals surface area contributed by atoms with Crippen LogP contribution in [0.15, 0.2) is 24.3 Å². The van der Waals surface area contributed by atoms with Crippen molar-refractivity contribution in [3.63, 3.8) is 0 Å². The van der Waals surface area contributed by atoms with Crippen LogP contribution in [0.1, 0.15) is 20.8 Å². The van der Waals surface area contributed by atoms with Gasteiger partial charge in [-0.1, -0.05) is 6.07 Å². The molecule has 1 aromatic carbocycles. The number of amides is 3. The molecule has 128 valence electrons. The van der Waals surface area contributed by atoms with Crippen LogP contribution in [-0.4, -0.2) is 30.4 Å². The summed E-state index contributed by atoms with van der Waals surface area (Å²) in [6.07, 6.45) is -4.81. The summed E-state index contributed by atoms with van der Waals surface area (Å²) in [5.41, 5.74) is -0.334. The molecule has 0 saturated carbocycles. The number of alkyl halides is 3. The van der Waals surface area contributed by atoms with E-state index in [-0.39, 0.29) is 18.1 Å². The third-order valence-electron chi connectivity index (χ3n) is 2.25. The number of rotatable bonds is 4. The zero-order valence-corrected chi connectivity index (χ0v) is 12.9. The summed E-state index contributed by atoms with van der Waals surface area (Å²) < 4.78 is 40.1. The van der Waals surface area contributed by atoms with Crippen LogP contribution >= 0.6 is 0 Å². The quantitative estimate of drug-likeness (QED) is 0.792. The summed E-state index contributed by atoms with van der Waals surface area (Å²) in [5, 5.41) is 7.25. The molecule has 3 amide bonds. The third kappa shape index (κ3) is 8.54. The van der Waals surface area contributed by atoms with Gasteiger partial charge in [0.15, 0.2) is 0 Å². The van der Waals surface area contributed by atoms with Gasteiger partial charge in [0.2, 0.25) is 5.91 Å². The molecule has 1 aromatic rings. The molecule has 0 aromatic heterocycles. The van der Waals surface area contributed by atoms with Crippen LogP contribution in [0.4, 0.5) is 23.7 Å². The van der Waals surface area contributed by atoms with E-state index in [9.17, 15) is 22.8 Å². The molecule has 0 heterocycles. The molecule has 23 heavy (non-hydrogen) atoms. The summed E-state index contributed by atoms with van der Waals surface area (Å²) in [5.74, 6) is -0.845. The number of anilines is 1. The second kappa shape index (κ2) is 7.21. The lowest BCUT2D eigenvalue weighted by atomic mass is 10.1. The minimum absolute atomic E-state index is 0.0977. The Morgan fingerprint density at radius 2 is 1.83 bits per heavy atom. The normalized spacial score (nSPS) is 11.6. The molecular weight excluding hydrogens is 315 g/mol. The van der Waals surface area contributed by atoms with E-state index in [0.29, 0.717) is 0 Å². The Morgan fingerprint density at radius 3 is 2.39 bits per heavy atom. The lowest BCUT2D eigenvalue weighted by Gasteiger charge is -2.20. The Morgan fingerprint density at radius 1 is 1.17 bits per heavy atom. The first-order chi connectivity index (χ1) is 10.4. The fourth-order valence-electron chi connectivity index (χ4n) is 1.57. The van der Waals surface area contributed by atoms with Crippen molar-refractivity contribution >= 4 is 17.6 Å². The Hall–Kier alpha value is -2.45. The third-order valence-corrected chi connectivity index (χ3v) is 2.25. The van der Waals surface area contributed by atoms with Crippen LogP contribution < -0.4 is 20.7 Å². The second-order valence-corrected chi connectivity index (χ2v) is 5.68. The summed E-state index contributed by atoms with van der Waals surface area (Å²) >= 11 is 0. The van der Waals surface area contributed by atoms with E-state index in [1.807, 2.05) is 0 Å². The van der Waals surface area contributed by atoms with Crippen LogP contribution in [0.3, 0.4) is 0 Å². The molecule has 0 saturated heterocycles. The van der Waals surface area contributed by atoms with Crippen molar-refractivity contribution in [3.8, 4) is 5.75 Å². The summed E-state index contributed by atoms with van der Waals surface area (Å²) in [4.78, 5) is 23.1. The molecule has 0 aliphatic carbocycles. The zero-order valence-electron chi connectivity index (χ0n) is 12.9. The molecule has 6 nitrogen and oxygen atoms in total. The van der Waals surface area contributed by atoms with Gasteiger partial charge in [0, 0.05) is 17.3 Å². The number of urea groups is 1.